The SMILES string of the molecule is CCC(C)C(C)NC(=O)c1ccc(C#CCCO)c(Cl)c1. The van der Waals surface area contributed by atoms with Crippen molar-refractivity contribution in [3.63, 3.8) is 0 Å². The highest BCUT2D eigenvalue weighted by atomic mass is 35.5. The molecule has 0 aliphatic carbocycles. The number of benzene rings is 1. The van der Waals surface area contributed by atoms with E-state index in [1.165, 1.54) is 0 Å². The van der Waals surface area contributed by atoms with Gasteiger partial charge in [0.05, 0.1) is 11.6 Å². The van der Waals surface area contributed by atoms with Crippen LogP contribution >= 0.6 is 11.6 Å². The van der Waals surface area contributed by atoms with Gasteiger partial charge in [0.25, 0.3) is 5.91 Å². The van der Waals surface area contributed by atoms with Gasteiger partial charge in [-0.1, -0.05) is 43.7 Å². The zero-order chi connectivity index (χ0) is 15.8. The molecule has 1 amide bonds. The summed E-state index contributed by atoms with van der Waals surface area (Å²) in [5.41, 5.74) is 1.19. The van der Waals surface area contributed by atoms with Gasteiger partial charge in [0.15, 0.2) is 0 Å². The third kappa shape index (κ3) is 5.41. The van der Waals surface area contributed by atoms with Crippen LogP contribution in [0.15, 0.2) is 18.2 Å². The average molecular weight is 308 g/mol. The summed E-state index contributed by atoms with van der Waals surface area (Å²) >= 11 is 6.13. The Morgan fingerprint density at radius 3 is 2.71 bits per heavy atom. The van der Waals surface area contributed by atoms with Gasteiger partial charge in [-0.3, -0.25) is 4.79 Å². The molecule has 0 bridgehead atoms. The van der Waals surface area contributed by atoms with Crippen LogP contribution in [0.1, 0.15) is 49.5 Å². The Bertz CT molecular complexity index is 545. The normalized spacial score (nSPS) is 13.0. The molecule has 1 aromatic carbocycles. The highest BCUT2D eigenvalue weighted by Gasteiger charge is 2.15. The molecule has 4 heteroatoms. The molecule has 0 aromatic heterocycles. The molecular formula is C17H22ClNO2. The zero-order valence-corrected chi connectivity index (χ0v) is 13.5. The van der Waals surface area contributed by atoms with Crippen LogP contribution in [0.4, 0.5) is 0 Å². The summed E-state index contributed by atoms with van der Waals surface area (Å²) in [5.74, 6) is 5.98. The van der Waals surface area contributed by atoms with E-state index >= 15 is 0 Å². The zero-order valence-electron chi connectivity index (χ0n) is 12.7. The van der Waals surface area contributed by atoms with E-state index in [2.05, 4.69) is 31.0 Å². The van der Waals surface area contributed by atoms with Gasteiger partial charge >= 0.3 is 0 Å². The highest BCUT2D eigenvalue weighted by Crippen LogP contribution is 2.17. The molecule has 1 rings (SSSR count). The fourth-order valence-electron chi connectivity index (χ4n) is 1.76. The van der Waals surface area contributed by atoms with Crippen LogP contribution in [0.25, 0.3) is 0 Å². The first-order valence-electron chi connectivity index (χ1n) is 7.19. The topological polar surface area (TPSA) is 49.3 Å². The lowest BCUT2D eigenvalue weighted by atomic mass is 10.0. The predicted octanol–water partition coefficient (Wildman–Crippen LogP) is 3.24. The molecule has 2 atom stereocenters. The van der Waals surface area contributed by atoms with E-state index in [9.17, 15) is 4.79 Å². The maximum Gasteiger partial charge on any atom is 0.251 e. The molecule has 0 heterocycles. The van der Waals surface area contributed by atoms with Crippen LogP contribution in [0.2, 0.25) is 5.02 Å². The minimum atomic E-state index is -0.125. The molecule has 2 N–H and O–H groups in total. The second kappa shape index (κ2) is 8.71. The quantitative estimate of drug-likeness (QED) is 0.821. The Balaban J connectivity index is 2.79. The first kappa shape index (κ1) is 17.6. The van der Waals surface area contributed by atoms with Crippen molar-refractivity contribution >= 4 is 17.5 Å². The van der Waals surface area contributed by atoms with Crippen molar-refractivity contribution < 1.29 is 9.90 Å². The number of hydrogen-bond donors (Lipinski definition) is 2. The molecule has 3 nitrogen and oxygen atoms in total. The van der Waals surface area contributed by atoms with Crippen LogP contribution in [0.3, 0.4) is 0 Å². The summed E-state index contributed by atoms with van der Waals surface area (Å²) in [4.78, 5) is 12.2. The standard InChI is InChI=1S/C17H22ClNO2/c1-4-12(2)13(3)19-17(21)15-9-8-14(16(18)11-15)7-5-6-10-20/h8-9,11-13,20H,4,6,10H2,1-3H3,(H,19,21). The van der Waals surface area contributed by atoms with Crippen LogP contribution < -0.4 is 5.32 Å². The summed E-state index contributed by atoms with van der Waals surface area (Å²) in [7, 11) is 0. The second-order valence-electron chi connectivity index (χ2n) is 5.12. The first-order valence-corrected chi connectivity index (χ1v) is 7.57. The van der Waals surface area contributed by atoms with Gasteiger partial charge in [0.2, 0.25) is 0 Å². The van der Waals surface area contributed by atoms with Crippen molar-refractivity contribution in [2.45, 2.75) is 39.7 Å². The van der Waals surface area contributed by atoms with E-state index in [4.69, 9.17) is 16.7 Å². The average Bonchev–Trinajstić information content (AvgIpc) is 2.47. The summed E-state index contributed by atoms with van der Waals surface area (Å²) in [6.45, 7) is 6.24. The Morgan fingerprint density at radius 1 is 1.43 bits per heavy atom. The van der Waals surface area contributed by atoms with Crippen molar-refractivity contribution in [2.75, 3.05) is 6.61 Å². The number of carbonyl (C=O) groups is 1. The van der Waals surface area contributed by atoms with Gasteiger partial charge in [-0.2, -0.15) is 0 Å². The largest absolute Gasteiger partial charge is 0.395 e. The van der Waals surface area contributed by atoms with E-state index in [0.717, 1.165) is 6.42 Å². The van der Waals surface area contributed by atoms with Crippen molar-refractivity contribution in [3.8, 4) is 11.8 Å². The summed E-state index contributed by atoms with van der Waals surface area (Å²) < 4.78 is 0. The lowest BCUT2D eigenvalue weighted by Crippen LogP contribution is -2.36. The molecule has 0 radical (unpaired) electrons. The lowest BCUT2D eigenvalue weighted by Gasteiger charge is -2.19. The monoisotopic (exact) mass is 307 g/mol. The van der Waals surface area contributed by atoms with Crippen LogP contribution in [-0.2, 0) is 0 Å². The number of aliphatic hydroxyl groups excluding tert-OH is 1. The fourth-order valence-corrected chi connectivity index (χ4v) is 1.99. The second-order valence-corrected chi connectivity index (χ2v) is 5.52. The Kier molecular flexibility index (Phi) is 7.28. The maximum absolute atomic E-state index is 12.2. The minimum absolute atomic E-state index is 0.0264. The van der Waals surface area contributed by atoms with Crippen LogP contribution in [0, 0.1) is 17.8 Å². The molecule has 0 saturated carbocycles. The highest BCUT2D eigenvalue weighted by molar-refractivity contribution is 6.32. The van der Waals surface area contributed by atoms with Crippen LogP contribution in [-0.4, -0.2) is 23.7 Å². The van der Waals surface area contributed by atoms with Gasteiger partial charge in [-0.15, -0.1) is 0 Å². The molecule has 0 saturated heterocycles. The van der Waals surface area contributed by atoms with Crippen molar-refractivity contribution in [3.05, 3.63) is 34.3 Å². The molecule has 0 spiro atoms. The minimum Gasteiger partial charge on any atom is -0.395 e. The molecular weight excluding hydrogens is 286 g/mol. The maximum atomic E-state index is 12.2. The van der Waals surface area contributed by atoms with E-state index in [1.54, 1.807) is 18.2 Å². The van der Waals surface area contributed by atoms with E-state index in [0.29, 0.717) is 28.5 Å². The number of rotatable bonds is 5. The Labute approximate surface area is 131 Å². The summed E-state index contributed by atoms with van der Waals surface area (Å²) in [5, 5.41) is 12.1. The van der Waals surface area contributed by atoms with Gasteiger partial charge in [0.1, 0.15) is 0 Å². The van der Waals surface area contributed by atoms with Crippen molar-refractivity contribution in [1.29, 1.82) is 0 Å². The first-order chi connectivity index (χ1) is 9.99. The van der Waals surface area contributed by atoms with Gasteiger partial charge in [-0.25, -0.2) is 0 Å². The molecule has 1 aromatic rings. The van der Waals surface area contributed by atoms with E-state index < -0.39 is 0 Å². The molecule has 21 heavy (non-hydrogen) atoms. The number of hydrogen-bond acceptors (Lipinski definition) is 2. The molecule has 2 unspecified atom stereocenters. The van der Waals surface area contributed by atoms with Crippen molar-refractivity contribution in [1.82, 2.24) is 5.32 Å². The van der Waals surface area contributed by atoms with Crippen molar-refractivity contribution in [2.24, 2.45) is 5.92 Å². The molecule has 114 valence electrons. The number of halogens is 1. The van der Waals surface area contributed by atoms with Gasteiger partial charge in [-0.05, 0) is 31.0 Å². The van der Waals surface area contributed by atoms with E-state index in [-0.39, 0.29) is 18.6 Å². The Morgan fingerprint density at radius 2 is 2.14 bits per heavy atom. The third-order valence-electron chi connectivity index (χ3n) is 3.55. The predicted molar refractivity (Wildman–Crippen MR) is 86.4 cm³/mol. The smallest absolute Gasteiger partial charge is 0.251 e. The number of nitrogens with one attached hydrogen (secondary N) is 1. The van der Waals surface area contributed by atoms with E-state index in [1.807, 2.05) is 6.92 Å². The van der Waals surface area contributed by atoms with Gasteiger partial charge in [0, 0.05) is 23.6 Å². The lowest BCUT2D eigenvalue weighted by molar-refractivity contribution is 0.0928. The van der Waals surface area contributed by atoms with Crippen LogP contribution in [0.5, 0.6) is 0 Å². The number of amides is 1. The molecule has 0 aliphatic rings. The van der Waals surface area contributed by atoms with Gasteiger partial charge < -0.3 is 10.4 Å². The Hall–Kier alpha value is -1.50. The molecule has 0 aliphatic heterocycles. The third-order valence-corrected chi connectivity index (χ3v) is 3.86. The number of carbonyl (C=O) groups excluding carboxylic acids is 1. The molecule has 0 fully saturated rings. The summed E-state index contributed by atoms with van der Waals surface area (Å²) in [6.07, 6.45) is 1.42. The summed E-state index contributed by atoms with van der Waals surface area (Å²) in [6, 6.07) is 5.19. The fraction of sp³-hybridized carbons (Fsp3) is 0.471. The number of aliphatic hydroxyl groups is 1.